The van der Waals surface area contributed by atoms with E-state index < -0.39 is 5.25 Å². The Balaban J connectivity index is -0.000000655. The molecule has 19 nitrogen and oxygen atoms in total. The summed E-state index contributed by atoms with van der Waals surface area (Å²) >= 11 is 1.33. The number of aliphatic hydroxyl groups is 1. The lowest BCUT2D eigenvalue weighted by Crippen LogP contribution is -2.38. The molecule has 0 aliphatic heterocycles. The monoisotopic (exact) mass is 994 g/mol. The van der Waals surface area contributed by atoms with Crippen molar-refractivity contribution in [3.8, 4) is 0 Å². The van der Waals surface area contributed by atoms with Crippen molar-refractivity contribution in [1.29, 1.82) is 0 Å². The molecular weight excluding hydrogens is 903 g/mol. The van der Waals surface area contributed by atoms with Gasteiger partial charge >= 0.3 is 0 Å². The lowest BCUT2D eigenvalue weighted by Gasteiger charge is -2.21. The smallest absolute Gasteiger partial charge is 0.235 e. The van der Waals surface area contributed by atoms with Crippen molar-refractivity contribution in [3.63, 3.8) is 0 Å². The van der Waals surface area contributed by atoms with Gasteiger partial charge in [-0.3, -0.25) is 14.4 Å². The zero-order valence-corrected chi connectivity index (χ0v) is 43.7. The molecule has 0 saturated carbocycles. The van der Waals surface area contributed by atoms with Crippen LogP contribution in [0.1, 0.15) is 59.4 Å². The first kappa shape index (κ1) is 71.0. The summed E-state index contributed by atoms with van der Waals surface area (Å²) in [5.74, 6) is 0.435. The van der Waals surface area contributed by atoms with Crippen molar-refractivity contribution < 1.29 is 67.0 Å². The van der Waals surface area contributed by atoms with Gasteiger partial charge in [0.15, 0.2) is 0 Å². The molecule has 3 amide bonds. The summed E-state index contributed by atoms with van der Waals surface area (Å²) in [4.78, 5) is 55.8. The molecule has 0 aliphatic carbocycles. The third-order valence-corrected chi connectivity index (χ3v) is 9.66. The number of aldehydes is 2. The number of hydrogen-bond donors (Lipinski definition) is 5. The fraction of sp³-hybridized carbons (Fsp3) is 0.729. The third kappa shape index (κ3) is 53.4. The van der Waals surface area contributed by atoms with E-state index >= 15 is 0 Å². The molecule has 20 heteroatoms. The van der Waals surface area contributed by atoms with E-state index in [2.05, 4.69) is 48.6 Å². The van der Waals surface area contributed by atoms with Gasteiger partial charge in [0.25, 0.3) is 0 Å². The topological polar surface area (TPSA) is 231 Å². The summed E-state index contributed by atoms with van der Waals surface area (Å²) < 4.78 is 43.1. The maximum Gasteiger partial charge on any atom is 0.235 e. The zero-order chi connectivity index (χ0) is 51.7. The molecule has 0 saturated heterocycles. The molecule has 68 heavy (non-hydrogen) atoms. The number of amides is 3. The van der Waals surface area contributed by atoms with E-state index in [0.717, 1.165) is 29.7 Å². The van der Waals surface area contributed by atoms with Crippen LogP contribution in [0.4, 0.5) is 5.69 Å². The van der Waals surface area contributed by atoms with E-state index in [-0.39, 0.29) is 37.8 Å². The minimum Gasteiger partial charge on any atom is -0.392 e. The number of thioether (sulfide) groups is 1. The molecule has 398 valence electrons. The molecule has 1 rings (SSSR count). The summed E-state index contributed by atoms with van der Waals surface area (Å²) in [5.41, 5.74) is 2.01. The van der Waals surface area contributed by atoms with Gasteiger partial charge in [0, 0.05) is 64.7 Å². The molecule has 5 N–H and O–H groups in total. The number of anilines is 1. The molecule has 2 unspecified atom stereocenters. The Hall–Kier alpha value is -3.54. The number of rotatable bonds is 41. The highest BCUT2D eigenvalue weighted by Gasteiger charge is 2.21. The Kier molecular flexibility index (Phi) is 62.2. The highest BCUT2D eigenvalue weighted by molar-refractivity contribution is 7.99. The second kappa shape index (κ2) is 59.6. The SMILES string of the molecule is C=CCNC=O.CC.CNC(C)C(C)C.CNc1ccc(CO)cc1.CSC(CC=O)C(=O)N(C)CCC(=O)NCCOCCOCCOCCOCCOCCOCCOCCOCCC=O. The van der Waals surface area contributed by atoms with E-state index in [0.29, 0.717) is 138 Å². The second-order valence-electron chi connectivity index (χ2n) is 14.1. The molecule has 1 aromatic rings. The van der Waals surface area contributed by atoms with Gasteiger partial charge in [0.05, 0.1) is 118 Å². The third-order valence-electron chi connectivity index (χ3n) is 8.70. The summed E-state index contributed by atoms with van der Waals surface area (Å²) in [5, 5.41) is 19.6. The average Bonchev–Trinajstić information content (AvgIpc) is 3.36. The summed E-state index contributed by atoms with van der Waals surface area (Å²) in [6.45, 7) is 22.6. The van der Waals surface area contributed by atoms with E-state index in [9.17, 15) is 24.0 Å². The quantitative estimate of drug-likeness (QED) is 0.0360. The number of carbonyl (C=O) groups excluding carboxylic acids is 5. The fourth-order valence-corrected chi connectivity index (χ4v) is 5.03. The van der Waals surface area contributed by atoms with Gasteiger partial charge in [-0.05, 0) is 43.8 Å². The van der Waals surface area contributed by atoms with E-state index in [4.69, 9.17) is 43.0 Å². The minimum atomic E-state index is -0.410. The number of benzene rings is 1. The van der Waals surface area contributed by atoms with Crippen LogP contribution in [0.15, 0.2) is 36.9 Å². The van der Waals surface area contributed by atoms with Gasteiger partial charge < -0.3 is 78.8 Å². The number of hydrogen-bond acceptors (Lipinski definition) is 17. The Labute approximate surface area is 413 Å². The largest absolute Gasteiger partial charge is 0.392 e. The van der Waals surface area contributed by atoms with Crippen molar-refractivity contribution in [2.75, 3.05) is 158 Å². The summed E-state index contributed by atoms with van der Waals surface area (Å²) in [6.07, 6.45) is 6.35. The molecule has 0 fully saturated rings. The predicted octanol–water partition coefficient (Wildman–Crippen LogP) is 3.41. The van der Waals surface area contributed by atoms with Crippen molar-refractivity contribution in [2.45, 2.75) is 71.8 Å². The van der Waals surface area contributed by atoms with Crippen LogP contribution in [-0.2, 0) is 68.5 Å². The van der Waals surface area contributed by atoms with Crippen LogP contribution in [0.5, 0.6) is 0 Å². The number of ether oxygens (including phenoxy) is 8. The Morgan fingerprint density at radius 1 is 0.721 bits per heavy atom. The number of nitrogens with one attached hydrogen (secondary N) is 4. The zero-order valence-electron chi connectivity index (χ0n) is 42.9. The molecule has 0 spiro atoms. The predicted molar refractivity (Wildman–Crippen MR) is 271 cm³/mol. The van der Waals surface area contributed by atoms with Gasteiger partial charge in [-0.1, -0.05) is 45.9 Å². The first-order chi connectivity index (χ1) is 33.0. The Morgan fingerprint density at radius 3 is 1.47 bits per heavy atom. The number of aliphatic hydroxyl groups excluding tert-OH is 1. The van der Waals surface area contributed by atoms with Crippen molar-refractivity contribution in [3.05, 3.63) is 42.5 Å². The lowest BCUT2D eigenvalue weighted by atomic mass is 10.1. The molecule has 1 aromatic carbocycles. The minimum absolute atomic E-state index is 0.115. The first-order valence-electron chi connectivity index (χ1n) is 23.4. The Morgan fingerprint density at radius 2 is 1.16 bits per heavy atom. The molecular formula is C48H91N5O14S. The van der Waals surface area contributed by atoms with E-state index in [1.807, 2.05) is 52.2 Å². The average molecular weight is 994 g/mol. The van der Waals surface area contributed by atoms with Gasteiger partial charge in [-0.2, -0.15) is 11.8 Å². The number of nitrogens with zero attached hydrogens (tertiary/aromatic N) is 1. The van der Waals surface area contributed by atoms with Gasteiger partial charge in [-0.15, -0.1) is 6.58 Å². The highest BCUT2D eigenvalue weighted by atomic mass is 32.2. The molecule has 0 aromatic heterocycles. The maximum absolute atomic E-state index is 12.2. The maximum atomic E-state index is 12.2. The van der Waals surface area contributed by atoms with Gasteiger partial charge in [-0.25, -0.2) is 0 Å². The van der Waals surface area contributed by atoms with Crippen LogP contribution in [-0.4, -0.2) is 205 Å². The molecule has 0 aliphatic rings. The van der Waals surface area contributed by atoms with Crippen LogP contribution in [0.2, 0.25) is 0 Å². The summed E-state index contributed by atoms with van der Waals surface area (Å²) in [6, 6.07) is 8.31. The summed E-state index contributed by atoms with van der Waals surface area (Å²) in [7, 11) is 5.49. The van der Waals surface area contributed by atoms with E-state index in [1.165, 1.54) is 16.7 Å². The fourth-order valence-electron chi connectivity index (χ4n) is 4.38. The molecule has 0 bridgehead atoms. The lowest BCUT2D eigenvalue weighted by molar-refractivity contribution is -0.131. The van der Waals surface area contributed by atoms with Gasteiger partial charge in [0.1, 0.15) is 12.6 Å². The highest BCUT2D eigenvalue weighted by Crippen LogP contribution is 2.12. The standard InChI is InChI=1S/C28H52N2O12S.C8H11NO.C6H15N.C4H7NO.C2H6/c1-30(28(34)26(43-2)5-9-32)7-4-27(33)29-6-11-36-13-15-38-17-19-40-21-23-42-25-24-41-22-20-39-18-16-37-14-12-35-10-3-8-31;1-9-8-4-2-7(6-10)3-5-8;1-5(2)6(3)7-4;1-2-3-5-4-6;1-2/h8-9,26H,3-7,10-25H2,1-2H3,(H,29,33);2-5,9-10H,6H2,1H3;5-7H,1-4H3;2,4H,1,3H2,(H,5,6);1-2H3. The van der Waals surface area contributed by atoms with Gasteiger partial charge in [0.2, 0.25) is 18.2 Å². The van der Waals surface area contributed by atoms with Crippen molar-refractivity contribution in [2.24, 2.45) is 5.92 Å². The first-order valence-corrected chi connectivity index (χ1v) is 24.7. The second-order valence-corrected chi connectivity index (χ2v) is 15.1. The molecule has 0 heterocycles. The Bertz CT molecular complexity index is 1230. The van der Waals surface area contributed by atoms with Crippen molar-refractivity contribution in [1.82, 2.24) is 20.9 Å². The van der Waals surface area contributed by atoms with Crippen LogP contribution >= 0.6 is 11.8 Å². The normalized spacial score (nSPS) is 11.0. The van der Waals surface area contributed by atoms with E-state index in [1.54, 1.807) is 19.4 Å². The molecule has 2 atom stereocenters. The number of carbonyl (C=O) groups is 5. The van der Waals surface area contributed by atoms with Crippen LogP contribution in [0.25, 0.3) is 0 Å². The van der Waals surface area contributed by atoms with Crippen LogP contribution < -0.4 is 21.3 Å². The van der Waals surface area contributed by atoms with Crippen LogP contribution in [0.3, 0.4) is 0 Å². The van der Waals surface area contributed by atoms with Crippen molar-refractivity contribution >= 4 is 48.2 Å². The van der Waals surface area contributed by atoms with Crippen LogP contribution in [0, 0.1) is 5.92 Å². The molecule has 0 radical (unpaired) electrons.